The predicted molar refractivity (Wildman–Crippen MR) is 68.0 cm³/mol. The molecule has 1 atom stereocenters. The van der Waals surface area contributed by atoms with Crippen molar-refractivity contribution in [1.82, 2.24) is 10.0 Å². The number of nitrogens with one attached hydrogen (secondary N) is 2. The van der Waals surface area contributed by atoms with Crippen molar-refractivity contribution in [3.05, 3.63) is 0 Å². The number of sulfonamides is 1. The standard InChI is InChI=1S/C10H23N3O3S/c1-8(9(14)12-10(2,3)4)13-17(15,16)7-5-6-11/h8,13H,5-7,11H2,1-4H3,(H,12,14). The second-order valence-electron chi connectivity index (χ2n) is 5.04. The Morgan fingerprint density at radius 2 is 1.88 bits per heavy atom. The Hall–Kier alpha value is -0.660. The van der Waals surface area contributed by atoms with Gasteiger partial charge < -0.3 is 11.1 Å². The van der Waals surface area contributed by atoms with Crippen molar-refractivity contribution in [3.63, 3.8) is 0 Å². The molecule has 0 heterocycles. The van der Waals surface area contributed by atoms with E-state index in [0.717, 1.165) is 0 Å². The lowest BCUT2D eigenvalue weighted by Crippen LogP contribution is -2.51. The van der Waals surface area contributed by atoms with E-state index in [2.05, 4.69) is 10.0 Å². The van der Waals surface area contributed by atoms with Crippen LogP contribution in [0.1, 0.15) is 34.1 Å². The fraction of sp³-hybridized carbons (Fsp3) is 0.900. The van der Waals surface area contributed by atoms with Gasteiger partial charge in [0.2, 0.25) is 15.9 Å². The van der Waals surface area contributed by atoms with Crippen LogP contribution in [0.25, 0.3) is 0 Å². The summed E-state index contributed by atoms with van der Waals surface area (Å²) in [5, 5.41) is 2.71. The Bertz CT molecular complexity index is 346. The summed E-state index contributed by atoms with van der Waals surface area (Å²) in [5.41, 5.74) is 4.86. The number of rotatable bonds is 6. The summed E-state index contributed by atoms with van der Waals surface area (Å²) >= 11 is 0. The zero-order valence-corrected chi connectivity index (χ0v) is 11.7. The van der Waals surface area contributed by atoms with Crippen molar-refractivity contribution in [3.8, 4) is 0 Å². The summed E-state index contributed by atoms with van der Waals surface area (Å²) in [6.07, 6.45) is 0.378. The fourth-order valence-corrected chi connectivity index (χ4v) is 2.44. The normalized spacial score (nSPS) is 14.4. The van der Waals surface area contributed by atoms with Crippen LogP contribution in [0.2, 0.25) is 0 Å². The molecular weight excluding hydrogens is 242 g/mol. The predicted octanol–water partition coefficient (Wildman–Crippen LogP) is -0.442. The van der Waals surface area contributed by atoms with E-state index in [4.69, 9.17) is 5.73 Å². The van der Waals surface area contributed by atoms with Crippen molar-refractivity contribution in [2.45, 2.75) is 45.7 Å². The van der Waals surface area contributed by atoms with Crippen LogP contribution in [-0.4, -0.2) is 38.2 Å². The molecule has 0 aromatic carbocycles. The van der Waals surface area contributed by atoms with Gasteiger partial charge in [-0.15, -0.1) is 0 Å². The highest BCUT2D eigenvalue weighted by Crippen LogP contribution is 2.00. The van der Waals surface area contributed by atoms with Gasteiger partial charge in [0.25, 0.3) is 0 Å². The van der Waals surface area contributed by atoms with Gasteiger partial charge in [0, 0.05) is 5.54 Å². The molecule has 0 bridgehead atoms. The highest BCUT2D eigenvalue weighted by Gasteiger charge is 2.23. The van der Waals surface area contributed by atoms with Gasteiger partial charge in [0.15, 0.2) is 0 Å². The van der Waals surface area contributed by atoms with E-state index >= 15 is 0 Å². The van der Waals surface area contributed by atoms with Crippen LogP contribution in [0.4, 0.5) is 0 Å². The Labute approximate surface area is 103 Å². The van der Waals surface area contributed by atoms with E-state index in [1.807, 2.05) is 20.8 Å². The van der Waals surface area contributed by atoms with Crippen molar-refractivity contribution in [2.75, 3.05) is 12.3 Å². The van der Waals surface area contributed by atoms with Gasteiger partial charge in [-0.3, -0.25) is 4.79 Å². The Morgan fingerprint density at radius 3 is 2.29 bits per heavy atom. The largest absolute Gasteiger partial charge is 0.350 e. The van der Waals surface area contributed by atoms with Crippen molar-refractivity contribution in [2.24, 2.45) is 5.73 Å². The molecule has 1 unspecified atom stereocenters. The van der Waals surface area contributed by atoms with Gasteiger partial charge in [-0.05, 0) is 40.7 Å². The molecule has 4 N–H and O–H groups in total. The van der Waals surface area contributed by atoms with Gasteiger partial charge >= 0.3 is 0 Å². The molecule has 0 aromatic rings. The Morgan fingerprint density at radius 1 is 1.35 bits per heavy atom. The SMILES string of the molecule is CC(NS(=O)(=O)CCCN)C(=O)NC(C)(C)C. The van der Waals surface area contributed by atoms with Gasteiger partial charge in [-0.2, -0.15) is 0 Å². The maximum Gasteiger partial charge on any atom is 0.238 e. The maximum atomic E-state index is 11.6. The first kappa shape index (κ1) is 16.3. The summed E-state index contributed by atoms with van der Waals surface area (Å²) in [7, 11) is -3.43. The van der Waals surface area contributed by atoms with Crippen molar-refractivity contribution >= 4 is 15.9 Å². The third-order valence-corrected chi connectivity index (χ3v) is 3.40. The van der Waals surface area contributed by atoms with Crippen LogP contribution in [0.5, 0.6) is 0 Å². The molecular formula is C10H23N3O3S. The third kappa shape index (κ3) is 8.12. The lowest BCUT2D eigenvalue weighted by molar-refractivity contribution is -0.123. The average Bonchev–Trinajstić information content (AvgIpc) is 2.11. The first-order valence-electron chi connectivity index (χ1n) is 5.59. The summed E-state index contributed by atoms with van der Waals surface area (Å²) in [6.45, 7) is 7.33. The Balaban J connectivity index is 4.34. The average molecular weight is 265 g/mol. The zero-order chi connectivity index (χ0) is 13.7. The van der Waals surface area contributed by atoms with Crippen LogP contribution >= 0.6 is 0 Å². The van der Waals surface area contributed by atoms with Crippen molar-refractivity contribution < 1.29 is 13.2 Å². The molecule has 1 amide bonds. The van der Waals surface area contributed by atoms with Gasteiger partial charge in [0.05, 0.1) is 11.8 Å². The summed E-state index contributed by atoms with van der Waals surface area (Å²) < 4.78 is 25.4. The van der Waals surface area contributed by atoms with Crippen LogP contribution in [0.15, 0.2) is 0 Å². The summed E-state index contributed by atoms with van der Waals surface area (Å²) in [5.74, 6) is -0.398. The molecule has 0 radical (unpaired) electrons. The molecule has 17 heavy (non-hydrogen) atoms. The quantitative estimate of drug-likeness (QED) is 0.606. The van der Waals surface area contributed by atoms with Gasteiger partial charge in [-0.25, -0.2) is 13.1 Å². The highest BCUT2D eigenvalue weighted by molar-refractivity contribution is 7.89. The molecule has 6 nitrogen and oxygen atoms in total. The summed E-state index contributed by atoms with van der Waals surface area (Å²) in [6, 6.07) is -0.781. The number of nitrogens with two attached hydrogens (primary N) is 1. The molecule has 0 aliphatic rings. The molecule has 0 aromatic heterocycles. The minimum atomic E-state index is -3.43. The molecule has 0 rings (SSSR count). The van der Waals surface area contributed by atoms with Crippen LogP contribution in [0.3, 0.4) is 0 Å². The monoisotopic (exact) mass is 265 g/mol. The van der Waals surface area contributed by atoms with E-state index in [9.17, 15) is 13.2 Å². The Kier molecular flexibility index (Phi) is 6.08. The molecule has 0 fully saturated rings. The minimum absolute atomic E-state index is 0.0589. The minimum Gasteiger partial charge on any atom is -0.350 e. The number of carbonyl (C=O) groups is 1. The van der Waals surface area contributed by atoms with Gasteiger partial charge in [0.1, 0.15) is 0 Å². The third-order valence-electron chi connectivity index (χ3n) is 1.87. The number of hydrogen-bond acceptors (Lipinski definition) is 4. The second-order valence-corrected chi connectivity index (χ2v) is 6.91. The zero-order valence-electron chi connectivity index (χ0n) is 10.9. The molecule has 0 spiro atoms. The number of amides is 1. The first-order valence-corrected chi connectivity index (χ1v) is 7.25. The summed E-state index contributed by atoms with van der Waals surface area (Å²) in [4.78, 5) is 11.6. The molecule has 0 saturated carbocycles. The lowest BCUT2D eigenvalue weighted by Gasteiger charge is -2.23. The smallest absolute Gasteiger partial charge is 0.238 e. The molecule has 0 aliphatic carbocycles. The van der Waals surface area contributed by atoms with Crippen molar-refractivity contribution in [1.29, 1.82) is 0 Å². The first-order chi connectivity index (χ1) is 7.57. The van der Waals surface area contributed by atoms with E-state index in [-0.39, 0.29) is 17.2 Å². The lowest BCUT2D eigenvalue weighted by atomic mass is 10.1. The van der Waals surface area contributed by atoms with Crippen LogP contribution in [0, 0.1) is 0 Å². The molecule has 7 heteroatoms. The maximum absolute atomic E-state index is 11.6. The van der Waals surface area contributed by atoms with E-state index in [1.165, 1.54) is 6.92 Å². The molecule has 0 aliphatic heterocycles. The van der Waals surface area contributed by atoms with Gasteiger partial charge in [-0.1, -0.05) is 0 Å². The fourth-order valence-electron chi connectivity index (χ4n) is 1.13. The van der Waals surface area contributed by atoms with Crippen LogP contribution < -0.4 is 15.8 Å². The van der Waals surface area contributed by atoms with E-state index in [0.29, 0.717) is 13.0 Å². The number of hydrogen-bond donors (Lipinski definition) is 3. The van der Waals surface area contributed by atoms with E-state index in [1.54, 1.807) is 0 Å². The van der Waals surface area contributed by atoms with Crippen LogP contribution in [-0.2, 0) is 14.8 Å². The second kappa shape index (κ2) is 6.32. The molecule has 102 valence electrons. The highest BCUT2D eigenvalue weighted by atomic mass is 32.2. The topological polar surface area (TPSA) is 101 Å². The van der Waals surface area contributed by atoms with E-state index < -0.39 is 16.1 Å². The molecule has 0 saturated heterocycles. The number of carbonyl (C=O) groups excluding carboxylic acids is 1.